The van der Waals surface area contributed by atoms with E-state index in [1.54, 1.807) is 22.9 Å². The van der Waals surface area contributed by atoms with Gasteiger partial charge in [0.1, 0.15) is 5.58 Å². The minimum Gasteiger partial charge on any atom is -0.451 e. The number of anilines is 1. The summed E-state index contributed by atoms with van der Waals surface area (Å²) in [6, 6.07) is 21.7. The number of nitrogens with zero attached hydrogens (tertiary/aromatic N) is 1. The molecule has 128 valence electrons. The number of benzene rings is 2. The Morgan fingerprint density at radius 1 is 0.962 bits per heavy atom. The van der Waals surface area contributed by atoms with E-state index in [4.69, 9.17) is 4.42 Å². The summed E-state index contributed by atoms with van der Waals surface area (Å²) >= 11 is 0. The molecule has 1 amide bonds. The molecular formula is C21H16N2O3. The number of fused-ring (bicyclic) bond motifs is 1. The standard InChI is InChI=1S/C21H16N2O3/c24-20-7-3-4-12-23(20)14-15-8-10-17(11-9-15)22-21(25)19-13-16-5-1-2-6-18(16)26-19/h1-13H,14H2,(H,22,25). The Hall–Kier alpha value is -3.60. The van der Waals surface area contributed by atoms with Crippen LogP contribution in [0, 0.1) is 0 Å². The van der Waals surface area contributed by atoms with Crippen LogP contribution < -0.4 is 10.9 Å². The van der Waals surface area contributed by atoms with Gasteiger partial charge >= 0.3 is 0 Å². The summed E-state index contributed by atoms with van der Waals surface area (Å²) in [6.45, 7) is 0.484. The van der Waals surface area contributed by atoms with Crippen molar-refractivity contribution >= 4 is 22.6 Å². The molecule has 2 heterocycles. The quantitative estimate of drug-likeness (QED) is 0.611. The van der Waals surface area contributed by atoms with Gasteiger partial charge in [0.15, 0.2) is 5.76 Å². The lowest BCUT2D eigenvalue weighted by molar-refractivity contribution is 0.0998. The van der Waals surface area contributed by atoms with E-state index in [-0.39, 0.29) is 17.2 Å². The molecule has 26 heavy (non-hydrogen) atoms. The Labute approximate surface area is 149 Å². The van der Waals surface area contributed by atoms with Crippen molar-refractivity contribution in [3.8, 4) is 0 Å². The number of furan rings is 1. The molecule has 4 aromatic rings. The van der Waals surface area contributed by atoms with Gasteiger partial charge in [0, 0.05) is 23.3 Å². The van der Waals surface area contributed by atoms with Gasteiger partial charge in [-0.1, -0.05) is 36.4 Å². The number of rotatable bonds is 4. The molecule has 0 unspecified atom stereocenters. The number of carbonyl (C=O) groups excluding carboxylic acids is 1. The van der Waals surface area contributed by atoms with Gasteiger partial charge in [-0.05, 0) is 35.9 Å². The smallest absolute Gasteiger partial charge is 0.291 e. The second-order valence-corrected chi connectivity index (χ2v) is 5.97. The largest absolute Gasteiger partial charge is 0.451 e. The number of carbonyl (C=O) groups is 1. The molecule has 0 spiro atoms. The Bertz CT molecular complexity index is 1090. The summed E-state index contributed by atoms with van der Waals surface area (Å²) in [4.78, 5) is 24.1. The fraction of sp³-hybridized carbons (Fsp3) is 0.0476. The van der Waals surface area contributed by atoms with Crippen LogP contribution in [0.3, 0.4) is 0 Å². The summed E-state index contributed by atoms with van der Waals surface area (Å²) in [5, 5.41) is 3.71. The van der Waals surface area contributed by atoms with Crippen LogP contribution in [0.5, 0.6) is 0 Å². The average Bonchev–Trinajstić information content (AvgIpc) is 3.10. The van der Waals surface area contributed by atoms with E-state index in [2.05, 4.69) is 5.32 Å². The lowest BCUT2D eigenvalue weighted by Gasteiger charge is -2.07. The molecule has 5 heteroatoms. The van der Waals surface area contributed by atoms with E-state index in [1.807, 2.05) is 54.6 Å². The molecule has 0 bridgehead atoms. The summed E-state index contributed by atoms with van der Waals surface area (Å²) < 4.78 is 7.19. The maximum absolute atomic E-state index is 12.4. The van der Waals surface area contributed by atoms with Gasteiger partial charge in [-0.3, -0.25) is 9.59 Å². The van der Waals surface area contributed by atoms with Gasteiger partial charge in [0.05, 0.1) is 6.54 Å². The van der Waals surface area contributed by atoms with Crippen LogP contribution in [-0.2, 0) is 6.54 Å². The maximum atomic E-state index is 12.4. The normalized spacial score (nSPS) is 10.8. The number of amides is 1. The number of hydrogen-bond donors (Lipinski definition) is 1. The van der Waals surface area contributed by atoms with Gasteiger partial charge in [0.2, 0.25) is 0 Å². The van der Waals surface area contributed by atoms with Crippen molar-refractivity contribution in [1.82, 2.24) is 4.57 Å². The first-order chi connectivity index (χ1) is 12.7. The highest BCUT2D eigenvalue weighted by Gasteiger charge is 2.12. The van der Waals surface area contributed by atoms with E-state index in [9.17, 15) is 9.59 Å². The lowest BCUT2D eigenvalue weighted by Crippen LogP contribution is -2.18. The molecule has 0 aliphatic heterocycles. The van der Waals surface area contributed by atoms with Crippen LogP contribution in [-0.4, -0.2) is 10.5 Å². The molecule has 0 radical (unpaired) electrons. The first-order valence-electron chi connectivity index (χ1n) is 8.23. The molecule has 5 nitrogen and oxygen atoms in total. The number of hydrogen-bond acceptors (Lipinski definition) is 3. The molecule has 0 saturated heterocycles. The predicted octanol–water partition coefficient (Wildman–Crippen LogP) is 3.90. The molecule has 2 aromatic heterocycles. The summed E-state index contributed by atoms with van der Waals surface area (Å²) in [5.41, 5.74) is 2.27. The van der Waals surface area contributed by atoms with Crippen LogP contribution >= 0.6 is 0 Å². The maximum Gasteiger partial charge on any atom is 0.291 e. The first kappa shape index (κ1) is 15.9. The van der Waals surface area contributed by atoms with Crippen molar-refractivity contribution in [2.24, 2.45) is 0 Å². The van der Waals surface area contributed by atoms with E-state index in [1.165, 1.54) is 6.07 Å². The molecule has 4 rings (SSSR count). The van der Waals surface area contributed by atoms with Crippen molar-refractivity contribution < 1.29 is 9.21 Å². The second kappa shape index (κ2) is 6.72. The topological polar surface area (TPSA) is 64.2 Å². The summed E-state index contributed by atoms with van der Waals surface area (Å²) in [6.07, 6.45) is 1.75. The minimum absolute atomic E-state index is 0.0465. The molecule has 1 N–H and O–H groups in total. The summed E-state index contributed by atoms with van der Waals surface area (Å²) in [7, 11) is 0. The number of nitrogens with one attached hydrogen (secondary N) is 1. The predicted molar refractivity (Wildman–Crippen MR) is 100 cm³/mol. The van der Waals surface area contributed by atoms with Crippen LogP contribution in [0.25, 0.3) is 11.0 Å². The van der Waals surface area contributed by atoms with Crippen molar-refractivity contribution in [3.63, 3.8) is 0 Å². The van der Waals surface area contributed by atoms with Gasteiger partial charge in [-0.2, -0.15) is 0 Å². The van der Waals surface area contributed by atoms with Crippen molar-refractivity contribution in [1.29, 1.82) is 0 Å². The van der Waals surface area contributed by atoms with Crippen molar-refractivity contribution in [3.05, 3.63) is 101 Å². The Morgan fingerprint density at radius 2 is 1.73 bits per heavy atom. The van der Waals surface area contributed by atoms with Crippen LogP contribution in [0.1, 0.15) is 16.1 Å². The monoisotopic (exact) mass is 344 g/mol. The summed E-state index contributed by atoms with van der Waals surface area (Å²) in [5.74, 6) is -0.0284. The van der Waals surface area contributed by atoms with Gasteiger partial charge < -0.3 is 14.3 Å². The number of aromatic nitrogens is 1. The Balaban J connectivity index is 1.47. The molecule has 0 saturated carbocycles. The van der Waals surface area contributed by atoms with Crippen molar-refractivity contribution in [2.45, 2.75) is 6.54 Å². The molecule has 2 aromatic carbocycles. The molecule has 0 aliphatic rings. The van der Waals surface area contributed by atoms with Crippen LogP contribution in [0.15, 0.2) is 88.2 Å². The van der Waals surface area contributed by atoms with Crippen LogP contribution in [0.2, 0.25) is 0 Å². The van der Waals surface area contributed by atoms with E-state index in [0.29, 0.717) is 17.8 Å². The highest BCUT2D eigenvalue weighted by Crippen LogP contribution is 2.20. The fourth-order valence-electron chi connectivity index (χ4n) is 2.77. The van der Waals surface area contributed by atoms with Gasteiger partial charge in [0.25, 0.3) is 11.5 Å². The SMILES string of the molecule is O=C(Nc1ccc(Cn2ccccc2=O)cc1)c1cc2ccccc2o1. The third-order valence-electron chi connectivity index (χ3n) is 4.11. The molecule has 0 aliphatic carbocycles. The minimum atomic E-state index is -0.298. The van der Waals surface area contributed by atoms with E-state index >= 15 is 0 Å². The van der Waals surface area contributed by atoms with Crippen molar-refractivity contribution in [2.75, 3.05) is 5.32 Å². The Kier molecular flexibility index (Phi) is 4.11. The first-order valence-corrected chi connectivity index (χ1v) is 8.23. The molecule has 0 atom stereocenters. The highest BCUT2D eigenvalue weighted by atomic mass is 16.3. The van der Waals surface area contributed by atoms with E-state index < -0.39 is 0 Å². The highest BCUT2D eigenvalue weighted by molar-refractivity contribution is 6.04. The third-order valence-corrected chi connectivity index (χ3v) is 4.11. The third kappa shape index (κ3) is 3.28. The van der Waals surface area contributed by atoms with E-state index in [0.717, 1.165) is 10.9 Å². The zero-order chi connectivity index (χ0) is 17.9. The Morgan fingerprint density at radius 3 is 2.50 bits per heavy atom. The fourth-order valence-corrected chi connectivity index (χ4v) is 2.77. The number of pyridine rings is 1. The number of para-hydroxylation sites is 1. The lowest BCUT2D eigenvalue weighted by atomic mass is 10.2. The zero-order valence-corrected chi connectivity index (χ0v) is 13.9. The average molecular weight is 344 g/mol. The van der Waals surface area contributed by atoms with Gasteiger partial charge in [-0.15, -0.1) is 0 Å². The molecule has 0 fully saturated rings. The molecular weight excluding hydrogens is 328 g/mol. The second-order valence-electron chi connectivity index (χ2n) is 5.97. The van der Waals surface area contributed by atoms with Crippen LogP contribution in [0.4, 0.5) is 5.69 Å². The zero-order valence-electron chi connectivity index (χ0n) is 13.9. The van der Waals surface area contributed by atoms with Gasteiger partial charge in [-0.25, -0.2) is 0 Å².